The topological polar surface area (TPSA) is 67.4 Å². The summed E-state index contributed by atoms with van der Waals surface area (Å²) in [4.78, 5) is 25.6. The number of hydrogen-bond acceptors (Lipinski definition) is 3. The lowest BCUT2D eigenvalue weighted by Crippen LogP contribution is -2.28. The van der Waals surface area contributed by atoms with Crippen LogP contribution in [0.1, 0.15) is 40.1 Å². The van der Waals surface area contributed by atoms with Gasteiger partial charge in [-0.2, -0.15) is 0 Å². The number of rotatable bonds is 8. The van der Waals surface area contributed by atoms with Gasteiger partial charge in [-0.15, -0.1) is 0 Å². The predicted molar refractivity (Wildman–Crippen MR) is 124 cm³/mol. The zero-order chi connectivity index (χ0) is 22.2. The highest BCUT2D eigenvalue weighted by molar-refractivity contribution is 6.31. The number of hydrogen-bond donors (Lipinski definition) is 2. The molecule has 2 amide bonds. The van der Waals surface area contributed by atoms with Crippen molar-refractivity contribution in [2.24, 2.45) is 5.92 Å². The van der Waals surface area contributed by atoms with Crippen LogP contribution in [0.4, 0.5) is 5.69 Å². The highest BCUT2D eigenvalue weighted by atomic mass is 35.5. The van der Waals surface area contributed by atoms with Gasteiger partial charge in [0.2, 0.25) is 0 Å². The smallest absolute Gasteiger partial charge is 0.259 e. The normalized spacial score (nSPS) is 10.6. The maximum Gasteiger partial charge on any atom is 0.259 e. The van der Waals surface area contributed by atoms with Gasteiger partial charge in [-0.25, -0.2) is 0 Å². The summed E-state index contributed by atoms with van der Waals surface area (Å²) in [6.45, 7) is 4.90. The van der Waals surface area contributed by atoms with Crippen molar-refractivity contribution in [2.45, 2.75) is 20.5 Å². The Morgan fingerprint density at radius 2 is 1.61 bits per heavy atom. The van der Waals surface area contributed by atoms with Crippen LogP contribution >= 0.6 is 11.6 Å². The van der Waals surface area contributed by atoms with Crippen molar-refractivity contribution in [1.29, 1.82) is 0 Å². The van der Waals surface area contributed by atoms with Gasteiger partial charge in [0.05, 0.1) is 16.8 Å². The summed E-state index contributed by atoms with van der Waals surface area (Å²) < 4.78 is 5.88. The number of benzene rings is 3. The second kappa shape index (κ2) is 10.6. The third-order valence-electron chi connectivity index (χ3n) is 4.51. The zero-order valence-corrected chi connectivity index (χ0v) is 18.3. The van der Waals surface area contributed by atoms with Crippen LogP contribution in [-0.4, -0.2) is 18.4 Å². The van der Waals surface area contributed by atoms with Crippen LogP contribution < -0.4 is 15.4 Å². The molecule has 31 heavy (non-hydrogen) atoms. The molecule has 0 atom stereocenters. The van der Waals surface area contributed by atoms with E-state index in [0.29, 0.717) is 46.7 Å². The van der Waals surface area contributed by atoms with Gasteiger partial charge < -0.3 is 15.4 Å². The highest BCUT2D eigenvalue weighted by Gasteiger charge is 2.18. The molecule has 0 unspecified atom stereocenters. The minimum absolute atomic E-state index is 0.240. The lowest BCUT2D eigenvalue weighted by Gasteiger charge is -2.15. The Labute approximate surface area is 187 Å². The van der Waals surface area contributed by atoms with Crippen LogP contribution in [-0.2, 0) is 6.61 Å². The first-order chi connectivity index (χ1) is 14.9. The second-order valence-corrected chi connectivity index (χ2v) is 7.95. The molecule has 160 valence electrons. The van der Waals surface area contributed by atoms with Gasteiger partial charge >= 0.3 is 0 Å². The predicted octanol–water partition coefficient (Wildman–Crippen LogP) is 5.56. The maximum atomic E-state index is 13.1. The molecule has 0 aliphatic carbocycles. The fourth-order valence-corrected chi connectivity index (χ4v) is 3.08. The number of nitrogens with one attached hydrogen (secondary N) is 2. The molecular formula is C25H25ClN2O3. The Balaban J connectivity index is 1.79. The van der Waals surface area contributed by atoms with Crippen LogP contribution in [0.15, 0.2) is 72.8 Å². The van der Waals surface area contributed by atoms with Crippen LogP contribution in [0.2, 0.25) is 5.02 Å². The summed E-state index contributed by atoms with van der Waals surface area (Å²) in [5, 5.41) is 6.11. The molecule has 3 aromatic rings. The van der Waals surface area contributed by atoms with E-state index in [0.717, 1.165) is 5.56 Å². The average Bonchev–Trinajstić information content (AvgIpc) is 2.77. The number of amides is 2. The Morgan fingerprint density at radius 1 is 0.903 bits per heavy atom. The Hall–Kier alpha value is -3.31. The van der Waals surface area contributed by atoms with E-state index in [4.69, 9.17) is 16.3 Å². The summed E-state index contributed by atoms with van der Waals surface area (Å²) in [7, 11) is 0. The Kier molecular flexibility index (Phi) is 7.68. The summed E-state index contributed by atoms with van der Waals surface area (Å²) in [5.41, 5.74) is 2.09. The third kappa shape index (κ3) is 6.33. The molecule has 0 saturated heterocycles. The summed E-state index contributed by atoms with van der Waals surface area (Å²) in [5.74, 6) is 0.0832. The number of anilines is 1. The summed E-state index contributed by atoms with van der Waals surface area (Å²) in [6.07, 6.45) is 0. The maximum absolute atomic E-state index is 13.1. The minimum atomic E-state index is -0.408. The lowest BCUT2D eigenvalue weighted by molar-refractivity contribution is 0.0950. The molecule has 0 fully saturated rings. The zero-order valence-electron chi connectivity index (χ0n) is 17.5. The van der Waals surface area contributed by atoms with Crippen LogP contribution in [0.3, 0.4) is 0 Å². The van der Waals surface area contributed by atoms with Gasteiger partial charge in [0.25, 0.3) is 11.8 Å². The van der Waals surface area contributed by atoms with Gasteiger partial charge in [-0.05, 0) is 41.8 Å². The van der Waals surface area contributed by atoms with E-state index in [1.54, 1.807) is 42.5 Å². The van der Waals surface area contributed by atoms with E-state index in [9.17, 15) is 9.59 Å². The Morgan fingerprint density at radius 3 is 2.35 bits per heavy atom. The van der Waals surface area contributed by atoms with Crippen LogP contribution in [0.25, 0.3) is 0 Å². The molecule has 5 nitrogen and oxygen atoms in total. The largest absolute Gasteiger partial charge is 0.488 e. The lowest BCUT2D eigenvalue weighted by atomic mass is 10.1. The molecule has 0 bridgehead atoms. The van der Waals surface area contributed by atoms with E-state index < -0.39 is 5.91 Å². The van der Waals surface area contributed by atoms with Crippen molar-refractivity contribution < 1.29 is 14.3 Å². The van der Waals surface area contributed by atoms with Crippen LogP contribution in [0, 0.1) is 5.92 Å². The first-order valence-electron chi connectivity index (χ1n) is 10.1. The molecule has 0 radical (unpaired) electrons. The van der Waals surface area contributed by atoms with Crippen LogP contribution in [0.5, 0.6) is 5.75 Å². The van der Waals surface area contributed by atoms with Crippen molar-refractivity contribution in [3.05, 3.63) is 94.5 Å². The van der Waals surface area contributed by atoms with Gasteiger partial charge in [-0.1, -0.05) is 67.9 Å². The van der Waals surface area contributed by atoms with Gasteiger partial charge in [0, 0.05) is 11.6 Å². The van der Waals surface area contributed by atoms with Crippen molar-refractivity contribution in [3.63, 3.8) is 0 Å². The average molecular weight is 437 g/mol. The highest BCUT2D eigenvalue weighted by Crippen LogP contribution is 2.26. The first kappa shape index (κ1) is 22.4. The molecule has 3 aromatic carbocycles. The molecule has 6 heteroatoms. The molecule has 2 N–H and O–H groups in total. The number of carbonyl (C=O) groups is 2. The van der Waals surface area contributed by atoms with Crippen molar-refractivity contribution in [1.82, 2.24) is 5.32 Å². The third-order valence-corrected chi connectivity index (χ3v) is 4.75. The van der Waals surface area contributed by atoms with E-state index in [-0.39, 0.29) is 5.91 Å². The molecular weight excluding hydrogens is 412 g/mol. The number of para-hydroxylation sites is 1. The number of carbonyl (C=O) groups excluding carboxylic acids is 2. The molecule has 0 heterocycles. The fraction of sp³-hybridized carbons (Fsp3) is 0.200. The monoisotopic (exact) mass is 436 g/mol. The second-order valence-electron chi connectivity index (χ2n) is 7.52. The van der Waals surface area contributed by atoms with E-state index in [2.05, 4.69) is 10.6 Å². The summed E-state index contributed by atoms with van der Waals surface area (Å²) in [6, 6.07) is 21.5. The van der Waals surface area contributed by atoms with Gasteiger partial charge in [0.1, 0.15) is 12.4 Å². The quantitative estimate of drug-likeness (QED) is 0.486. The van der Waals surface area contributed by atoms with Crippen molar-refractivity contribution in [3.8, 4) is 5.75 Å². The van der Waals surface area contributed by atoms with Gasteiger partial charge in [-0.3, -0.25) is 9.59 Å². The molecule has 0 saturated carbocycles. The number of ether oxygens (including phenoxy) is 1. The molecule has 3 rings (SSSR count). The fourth-order valence-electron chi connectivity index (χ4n) is 2.91. The van der Waals surface area contributed by atoms with E-state index in [1.165, 1.54) is 0 Å². The summed E-state index contributed by atoms with van der Waals surface area (Å²) >= 11 is 6.13. The number of halogens is 1. The minimum Gasteiger partial charge on any atom is -0.488 e. The SMILES string of the molecule is CC(C)CNC(=O)c1ccccc1NC(=O)c1cc(Cl)ccc1OCc1ccccc1. The Bertz CT molecular complexity index is 1050. The molecule has 0 aliphatic rings. The van der Waals surface area contributed by atoms with E-state index >= 15 is 0 Å². The van der Waals surface area contributed by atoms with E-state index in [1.807, 2.05) is 44.2 Å². The molecule has 0 aliphatic heterocycles. The first-order valence-corrected chi connectivity index (χ1v) is 10.5. The standard InChI is InChI=1S/C25H25ClN2O3/c1-17(2)15-27-24(29)20-10-6-7-11-22(20)28-25(30)21-14-19(26)12-13-23(21)31-16-18-8-4-3-5-9-18/h3-14,17H,15-16H2,1-2H3,(H,27,29)(H,28,30). The van der Waals surface area contributed by atoms with Gasteiger partial charge in [0.15, 0.2) is 0 Å². The van der Waals surface area contributed by atoms with Crippen molar-refractivity contribution in [2.75, 3.05) is 11.9 Å². The van der Waals surface area contributed by atoms with Crippen molar-refractivity contribution >= 4 is 29.1 Å². The molecule has 0 spiro atoms. The molecule has 0 aromatic heterocycles.